The highest BCUT2D eigenvalue weighted by Crippen LogP contribution is 2.34. The van der Waals surface area contributed by atoms with Gasteiger partial charge in [0.05, 0.1) is 14.2 Å². The number of hydrogen-bond donors (Lipinski definition) is 1. The molecule has 0 fully saturated rings. The van der Waals surface area contributed by atoms with Gasteiger partial charge in [0.15, 0.2) is 11.5 Å². The maximum absolute atomic E-state index is 12.7. The lowest BCUT2D eigenvalue weighted by molar-refractivity contribution is -0.112. The molecule has 2 rings (SSSR count). The van der Waals surface area contributed by atoms with E-state index in [9.17, 15) is 10.1 Å². The van der Waals surface area contributed by atoms with E-state index in [0.29, 0.717) is 21.5 Å². The molecule has 27 heavy (non-hydrogen) atoms. The van der Waals surface area contributed by atoms with Crippen LogP contribution in [0.1, 0.15) is 22.3 Å². The topological polar surface area (TPSA) is 71.3 Å². The highest BCUT2D eigenvalue weighted by Gasteiger charge is 2.15. The number of carbonyl (C=O) groups is 1. The van der Waals surface area contributed by atoms with Crippen LogP contribution in [0, 0.1) is 32.1 Å². The molecule has 5 nitrogen and oxygen atoms in total. The van der Waals surface area contributed by atoms with Crippen molar-refractivity contribution in [1.29, 1.82) is 5.26 Å². The largest absolute Gasteiger partial charge is 0.493 e. The number of methoxy groups -OCH3 is 2. The molecule has 0 aliphatic carbocycles. The molecule has 0 radical (unpaired) electrons. The summed E-state index contributed by atoms with van der Waals surface area (Å²) in [5.74, 6) is 0.597. The minimum absolute atomic E-state index is 0.0118. The van der Waals surface area contributed by atoms with E-state index in [1.54, 1.807) is 19.2 Å². The molecule has 2 aromatic carbocycles. The molecule has 2 aromatic rings. The van der Waals surface area contributed by atoms with Gasteiger partial charge in [-0.15, -0.1) is 0 Å². The second-order valence-corrected chi connectivity index (χ2v) is 6.98. The van der Waals surface area contributed by atoms with Crippen molar-refractivity contribution >= 4 is 33.6 Å². The fourth-order valence-corrected chi connectivity index (χ4v) is 3.28. The van der Waals surface area contributed by atoms with E-state index in [1.807, 2.05) is 39.0 Å². The van der Waals surface area contributed by atoms with E-state index >= 15 is 0 Å². The van der Waals surface area contributed by atoms with Crippen LogP contribution >= 0.6 is 15.9 Å². The number of nitrogens with one attached hydrogen (secondary N) is 1. The fourth-order valence-electron chi connectivity index (χ4n) is 2.84. The van der Waals surface area contributed by atoms with E-state index in [0.717, 1.165) is 22.4 Å². The molecule has 0 spiro atoms. The second kappa shape index (κ2) is 8.74. The number of hydrogen-bond acceptors (Lipinski definition) is 4. The molecule has 0 unspecified atom stereocenters. The highest BCUT2D eigenvalue weighted by atomic mass is 79.9. The first-order valence-electron chi connectivity index (χ1n) is 8.23. The van der Waals surface area contributed by atoms with Crippen molar-refractivity contribution in [1.82, 2.24) is 0 Å². The van der Waals surface area contributed by atoms with Crippen molar-refractivity contribution < 1.29 is 14.3 Å². The van der Waals surface area contributed by atoms with Crippen molar-refractivity contribution in [3.8, 4) is 17.6 Å². The first-order valence-corrected chi connectivity index (χ1v) is 9.02. The number of rotatable bonds is 5. The molecular formula is C21H21BrN2O3. The molecule has 1 N–H and O–H groups in total. The average Bonchev–Trinajstić information content (AvgIpc) is 2.63. The van der Waals surface area contributed by atoms with Crippen LogP contribution in [-0.2, 0) is 4.79 Å². The van der Waals surface area contributed by atoms with Gasteiger partial charge in [-0.25, -0.2) is 0 Å². The molecule has 140 valence electrons. The van der Waals surface area contributed by atoms with Gasteiger partial charge < -0.3 is 14.8 Å². The normalized spacial score (nSPS) is 10.9. The molecule has 0 atom stereocenters. The van der Waals surface area contributed by atoms with Gasteiger partial charge in [0, 0.05) is 10.2 Å². The summed E-state index contributed by atoms with van der Waals surface area (Å²) >= 11 is 3.43. The van der Waals surface area contributed by atoms with Crippen molar-refractivity contribution in [2.24, 2.45) is 0 Å². The van der Waals surface area contributed by atoms with E-state index in [2.05, 4.69) is 21.2 Å². The molecule has 0 aliphatic heterocycles. The van der Waals surface area contributed by atoms with Gasteiger partial charge in [0.1, 0.15) is 11.6 Å². The van der Waals surface area contributed by atoms with E-state index in [4.69, 9.17) is 9.47 Å². The van der Waals surface area contributed by atoms with Crippen LogP contribution in [0.15, 0.2) is 34.3 Å². The lowest BCUT2D eigenvalue weighted by Crippen LogP contribution is -2.15. The molecular weight excluding hydrogens is 408 g/mol. The molecule has 0 saturated carbocycles. The lowest BCUT2D eigenvalue weighted by Gasteiger charge is -2.13. The third-order valence-corrected chi connectivity index (χ3v) is 4.77. The van der Waals surface area contributed by atoms with E-state index < -0.39 is 5.91 Å². The lowest BCUT2D eigenvalue weighted by atomic mass is 10.0. The number of aryl methyl sites for hydroxylation is 3. The monoisotopic (exact) mass is 428 g/mol. The maximum atomic E-state index is 12.7. The zero-order valence-corrected chi connectivity index (χ0v) is 17.5. The van der Waals surface area contributed by atoms with Crippen LogP contribution in [0.25, 0.3) is 6.08 Å². The molecule has 6 heteroatoms. The third kappa shape index (κ3) is 4.69. The number of ether oxygens (including phenoxy) is 2. The number of carbonyl (C=O) groups excluding carboxylic acids is 1. The van der Waals surface area contributed by atoms with Crippen LogP contribution < -0.4 is 14.8 Å². The van der Waals surface area contributed by atoms with E-state index in [-0.39, 0.29) is 5.57 Å². The standard InChI is InChI=1S/C21H21BrN2O3/c1-12-6-13(2)20(14(3)7-12)24-21(25)16(11-23)8-15-9-18(26-4)19(27-5)10-17(15)22/h6-10H,1-5H3,(H,24,25)/b16-8+. The Morgan fingerprint density at radius 3 is 2.15 bits per heavy atom. The summed E-state index contributed by atoms with van der Waals surface area (Å²) in [5.41, 5.74) is 4.36. The van der Waals surface area contributed by atoms with Gasteiger partial charge in [-0.2, -0.15) is 5.26 Å². The van der Waals surface area contributed by atoms with Gasteiger partial charge in [0.25, 0.3) is 5.91 Å². The predicted octanol–water partition coefficient (Wildman–Crippen LogP) is 4.94. The SMILES string of the molecule is COc1cc(Br)c(/C=C(\C#N)C(=O)Nc2c(C)cc(C)cc2C)cc1OC. The quantitative estimate of drug-likeness (QED) is 0.540. The van der Waals surface area contributed by atoms with Gasteiger partial charge in [0.2, 0.25) is 0 Å². The number of benzene rings is 2. The fraction of sp³-hybridized carbons (Fsp3) is 0.238. The first-order chi connectivity index (χ1) is 12.8. The second-order valence-electron chi connectivity index (χ2n) is 6.13. The van der Waals surface area contributed by atoms with Crippen LogP contribution in [-0.4, -0.2) is 20.1 Å². The predicted molar refractivity (Wildman–Crippen MR) is 110 cm³/mol. The summed E-state index contributed by atoms with van der Waals surface area (Å²) in [4.78, 5) is 12.7. The van der Waals surface area contributed by atoms with Crippen LogP contribution in [0.5, 0.6) is 11.5 Å². The van der Waals surface area contributed by atoms with Crippen molar-refractivity contribution in [3.05, 3.63) is 56.6 Å². The Morgan fingerprint density at radius 1 is 1.07 bits per heavy atom. The van der Waals surface area contributed by atoms with Gasteiger partial charge >= 0.3 is 0 Å². The number of halogens is 1. The molecule has 0 aliphatic rings. The number of nitrogens with zero attached hydrogens (tertiary/aromatic N) is 1. The van der Waals surface area contributed by atoms with Crippen LogP contribution in [0.3, 0.4) is 0 Å². The highest BCUT2D eigenvalue weighted by molar-refractivity contribution is 9.10. The smallest absolute Gasteiger partial charge is 0.266 e. The Balaban J connectivity index is 2.40. The Hall–Kier alpha value is -2.78. The molecule has 1 amide bonds. The van der Waals surface area contributed by atoms with Crippen LogP contribution in [0.2, 0.25) is 0 Å². The Kier molecular flexibility index (Phi) is 6.65. The van der Waals surface area contributed by atoms with E-state index in [1.165, 1.54) is 13.2 Å². The van der Waals surface area contributed by atoms with Gasteiger partial charge in [-0.05, 0) is 55.7 Å². The average molecular weight is 429 g/mol. The van der Waals surface area contributed by atoms with Gasteiger partial charge in [-0.3, -0.25) is 4.79 Å². The zero-order valence-electron chi connectivity index (χ0n) is 15.9. The third-order valence-electron chi connectivity index (χ3n) is 4.08. The van der Waals surface area contributed by atoms with Crippen LogP contribution in [0.4, 0.5) is 5.69 Å². The Morgan fingerprint density at radius 2 is 1.63 bits per heavy atom. The molecule has 0 bridgehead atoms. The summed E-state index contributed by atoms with van der Waals surface area (Å²) < 4.78 is 11.2. The van der Waals surface area contributed by atoms with Crippen molar-refractivity contribution in [3.63, 3.8) is 0 Å². The Bertz CT molecular complexity index is 936. The first kappa shape index (κ1) is 20.5. The summed E-state index contributed by atoms with van der Waals surface area (Å²) in [6.07, 6.45) is 1.51. The minimum Gasteiger partial charge on any atom is -0.493 e. The number of anilines is 1. The summed E-state index contributed by atoms with van der Waals surface area (Å²) in [6, 6.07) is 9.38. The van der Waals surface area contributed by atoms with Crippen molar-refractivity contribution in [2.75, 3.05) is 19.5 Å². The molecule has 0 saturated heterocycles. The molecule has 0 aromatic heterocycles. The Labute approximate surface area is 167 Å². The van der Waals surface area contributed by atoms with Crippen molar-refractivity contribution in [2.45, 2.75) is 20.8 Å². The van der Waals surface area contributed by atoms with Gasteiger partial charge in [-0.1, -0.05) is 33.6 Å². The zero-order chi connectivity index (χ0) is 20.1. The number of nitriles is 1. The number of amides is 1. The summed E-state index contributed by atoms with van der Waals surface area (Å²) in [5, 5.41) is 12.3. The summed E-state index contributed by atoms with van der Waals surface area (Å²) in [7, 11) is 3.07. The minimum atomic E-state index is -0.464. The summed E-state index contributed by atoms with van der Waals surface area (Å²) in [6.45, 7) is 5.85. The maximum Gasteiger partial charge on any atom is 0.266 e. The molecule has 0 heterocycles.